The normalized spacial score (nSPS) is 20.8. The van der Waals surface area contributed by atoms with E-state index in [2.05, 4.69) is 30.5 Å². The van der Waals surface area contributed by atoms with E-state index in [1.165, 1.54) is 33.6 Å². The van der Waals surface area contributed by atoms with Crippen LogP contribution in [0.2, 0.25) is 0 Å². The van der Waals surface area contributed by atoms with Gasteiger partial charge in [0, 0.05) is 23.9 Å². The van der Waals surface area contributed by atoms with Crippen LogP contribution in [-0.4, -0.2) is 95.7 Å². The summed E-state index contributed by atoms with van der Waals surface area (Å²) in [4.78, 5) is 42.3. The minimum atomic E-state index is -3.58. The molecule has 0 aliphatic carbocycles. The van der Waals surface area contributed by atoms with E-state index in [9.17, 15) is 33.0 Å². The lowest BCUT2D eigenvalue weighted by Crippen LogP contribution is -2.70. The number of tetrazole rings is 1. The Kier molecular flexibility index (Phi) is 7.04. The lowest BCUT2D eigenvalue weighted by atomic mass is 10.0. The van der Waals surface area contributed by atoms with Crippen molar-refractivity contribution in [1.29, 1.82) is 0 Å². The van der Waals surface area contributed by atoms with Crippen LogP contribution in [0.15, 0.2) is 21.8 Å². The maximum absolute atomic E-state index is 12.8. The SMILES string of the molecule is Cn1nnnc1SCC1=C(C(=O)O)N2C(=O)C(NC(=O)C(O)c3csc(NS(C)(=O)=O)n3)C2SC1. The van der Waals surface area contributed by atoms with Crippen molar-refractivity contribution < 1.29 is 33.0 Å². The predicted octanol–water partition coefficient (Wildman–Crippen LogP) is -1.40. The van der Waals surface area contributed by atoms with E-state index in [0.29, 0.717) is 16.5 Å². The van der Waals surface area contributed by atoms with Gasteiger partial charge < -0.3 is 15.5 Å². The summed E-state index contributed by atoms with van der Waals surface area (Å²) in [7, 11) is -1.93. The van der Waals surface area contributed by atoms with Gasteiger partial charge in [-0.2, -0.15) is 0 Å². The van der Waals surface area contributed by atoms with Gasteiger partial charge in [-0.25, -0.2) is 22.9 Å². The number of aryl methyl sites for hydroxylation is 1. The number of β-lactam (4-membered cyclic amide) rings is 1. The molecule has 19 heteroatoms. The third-order valence-electron chi connectivity index (χ3n) is 4.83. The van der Waals surface area contributed by atoms with Crippen LogP contribution >= 0.6 is 34.9 Å². The van der Waals surface area contributed by atoms with Crippen LogP contribution in [-0.2, 0) is 31.5 Å². The molecule has 15 nitrogen and oxygen atoms in total. The number of hydrogen-bond donors (Lipinski definition) is 4. The lowest BCUT2D eigenvalue weighted by Gasteiger charge is -2.49. The van der Waals surface area contributed by atoms with E-state index in [-0.39, 0.29) is 22.3 Å². The second kappa shape index (κ2) is 9.72. The molecule has 4 heterocycles. The van der Waals surface area contributed by atoms with E-state index in [1.54, 1.807) is 7.05 Å². The molecule has 0 spiro atoms. The molecule has 35 heavy (non-hydrogen) atoms. The first kappa shape index (κ1) is 25.4. The van der Waals surface area contributed by atoms with Gasteiger partial charge in [-0.1, -0.05) is 11.8 Å². The number of carboxylic acids is 1. The summed E-state index contributed by atoms with van der Waals surface area (Å²) in [6.07, 6.45) is -0.817. The van der Waals surface area contributed by atoms with Gasteiger partial charge >= 0.3 is 5.97 Å². The molecule has 0 bridgehead atoms. The Morgan fingerprint density at radius 1 is 1.40 bits per heavy atom. The first-order chi connectivity index (χ1) is 16.5. The Balaban J connectivity index is 1.43. The number of carbonyl (C=O) groups excluding carboxylic acids is 2. The first-order valence-electron chi connectivity index (χ1n) is 9.63. The second-order valence-electron chi connectivity index (χ2n) is 7.38. The highest BCUT2D eigenvalue weighted by Gasteiger charge is 2.54. The number of sulfonamides is 1. The highest BCUT2D eigenvalue weighted by molar-refractivity contribution is 8.01. The van der Waals surface area contributed by atoms with Gasteiger partial charge in [-0.3, -0.25) is 19.2 Å². The highest BCUT2D eigenvalue weighted by atomic mass is 32.2. The summed E-state index contributed by atoms with van der Waals surface area (Å²) >= 11 is 3.39. The van der Waals surface area contributed by atoms with Crippen LogP contribution in [0.4, 0.5) is 5.13 Å². The Labute approximate surface area is 210 Å². The molecular formula is C16H18N8O7S4. The van der Waals surface area contributed by atoms with Crippen molar-refractivity contribution in [2.24, 2.45) is 7.05 Å². The smallest absolute Gasteiger partial charge is 0.352 e. The Morgan fingerprint density at radius 2 is 2.14 bits per heavy atom. The molecule has 1 saturated heterocycles. The topological polar surface area (TPSA) is 210 Å². The number of amides is 2. The molecule has 188 valence electrons. The number of fused-ring (bicyclic) bond motifs is 1. The van der Waals surface area contributed by atoms with E-state index >= 15 is 0 Å². The highest BCUT2D eigenvalue weighted by Crippen LogP contribution is 2.41. The van der Waals surface area contributed by atoms with Crippen molar-refractivity contribution in [2.45, 2.75) is 22.7 Å². The summed E-state index contributed by atoms with van der Waals surface area (Å²) in [5.41, 5.74) is 0.268. The number of thiazole rings is 1. The number of nitrogens with zero attached hydrogens (tertiary/aromatic N) is 6. The van der Waals surface area contributed by atoms with Crippen molar-refractivity contribution in [1.82, 2.24) is 35.4 Å². The molecule has 0 radical (unpaired) electrons. The van der Waals surface area contributed by atoms with Crippen molar-refractivity contribution in [3.05, 3.63) is 22.3 Å². The summed E-state index contributed by atoms with van der Waals surface area (Å²) in [6.45, 7) is 0. The monoisotopic (exact) mass is 562 g/mol. The van der Waals surface area contributed by atoms with Gasteiger partial charge in [0.2, 0.25) is 15.2 Å². The van der Waals surface area contributed by atoms with Gasteiger partial charge in [-0.05, 0) is 16.0 Å². The van der Waals surface area contributed by atoms with Crippen LogP contribution in [0.3, 0.4) is 0 Å². The zero-order valence-corrected chi connectivity index (χ0v) is 21.2. The number of anilines is 1. The number of nitrogens with one attached hydrogen (secondary N) is 2. The van der Waals surface area contributed by atoms with Crippen molar-refractivity contribution in [2.75, 3.05) is 22.5 Å². The maximum atomic E-state index is 12.8. The van der Waals surface area contributed by atoms with E-state index in [1.807, 2.05) is 0 Å². The van der Waals surface area contributed by atoms with Crippen molar-refractivity contribution >= 4 is 67.8 Å². The molecule has 3 unspecified atom stereocenters. The number of aliphatic hydroxyl groups excluding tert-OH is 1. The number of carboxylic acid groups (broad SMARTS) is 1. The molecule has 1 fully saturated rings. The van der Waals surface area contributed by atoms with Gasteiger partial charge in [0.1, 0.15) is 17.1 Å². The number of aliphatic hydroxyl groups is 1. The molecule has 3 atom stereocenters. The fourth-order valence-corrected chi connectivity index (χ4v) is 7.19. The number of carbonyl (C=O) groups is 3. The van der Waals surface area contributed by atoms with Crippen LogP contribution in [0.1, 0.15) is 11.8 Å². The lowest BCUT2D eigenvalue weighted by molar-refractivity contribution is -0.151. The Bertz CT molecular complexity index is 1320. The summed E-state index contributed by atoms with van der Waals surface area (Å²) in [5.74, 6) is -2.26. The van der Waals surface area contributed by atoms with Crippen molar-refractivity contribution in [3.8, 4) is 0 Å². The van der Waals surface area contributed by atoms with E-state index < -0.39 is 45.3 Å². The first-order valence-corrected chi connectivity index (χ1v) is 14.4. The minimum Gasteiger partial charge on any atom is -0.477 e. The van der Waals surface area contributed by atoms with E-state index in [4.69, 9.17) is 0 Å². The minimum absolute atomic E-state index is 0.0261. The van der Waals surface area contributed by atoms with Crippen LogP contribution in [0.5, 0.6) is 0 Å². The van der Waals surface area contributed by atoms with Crippen LogP contribution in [0, 0.1) is 0 Å². The summed E-state index contributed by atoms with van der Waals surface area (Å²) in [5, 5.41) is 34.7. The molecular weight excluding hydrogens is 544 g/mol. The van der Waals surface area contributed by atoms with Gasteiger partial charge in [-0.15, -0.1) is 28.2 Å². The molecule has 2 amide bonds. The molecule has 2 aliphatic heterocycles. The summed E-state index contributed by atoms with van der Waals surface area (Å²) in [6, 6.07) is -1.04. The van der Waals surface area contributed by atoms with Crippen LogP contribution in [0.25, 0.3) is 0 Å². The Hall–Kier alpha value is -2.74. The number of hydrogen-bond acceptors (Lipinski definition) is 13. The van der Waals surface area contributed by atoms with Gasteiger partial charge in [0.05, 0.1) is 11.9 Å². The molecule has 4 N–H and O–H groups in total. The summed E-state index contributed by atoms with van der Waals surface area (Å²) < 4.78 is 26.2. The molecule has 2 aliphatic rings. The zero-order chi connectivity index (χ0) is 25.5. The van der Waals surface area contributed by atoms with Gasteiger partial charge in [0.25, 0.3) is 11.8 Å². The fraction of sp³-hybridized carbons (Fsp3) is 0.438. The molecule has 4 rings (SSSR count). The molecule has 0 aromatic carbocycles. The average Bonchev–Trinajstić information content (AvgIpc) is 3.41. The standard InChI is InChI=1S/C16H18N8O7S4/c1-23-16(19-21-22-23)34-4-6-3-32-13-8(12(27)24(13)9(6)14(28)29)18-11(26)10(25)7-5-33-15(17-7)20-35(2,30)31/h5,8,10,13,25H,3-4H2,1-2H3,(H,17,20)(H,18,26)(H,28,29). The predicted molar refractivity (Wildman–Crippen MR) is 125 cm³/mol. The van der Waals surface area contributed by atoms with Crippen LogP contribution < -0.4 is 10.0 Å². The van der Waals surface area contributed by atoms with E-state index in [0.717, 1.165) is 22.5 Å². The number of aromatic nitrogens is 5. The quantitative estimate of drug-likeness (QED) is 0.205. The largest absolute Gasteiger partial charge is 0.477 e. The number of rotatable bonds is 9. The number of thioether (sulfide) groups is 2. The molecule has 2 aromatic rings. The fourth-order valence-electron chi connectivity index (χ4n) is 3.27. The Morgan fingerprint density at radius 3 is 2.77 bits per heavy atom. The van der Waals surface area contributed by atoms with Crippen molar-refractivity contribution in [3.63, 3.8) is 0 Å². The second-order valence-corrected chi connectivity index (χ2v) is 12.0. The van der Waals surface area contributed by atoms with Gasteiger partial charge in [0.15, 0.2) is 11.2 Å². The average molecular weight is 563 g/mol. The third-order valence-corrected chi connectivity index (χ3v) is 8.73. The molecule has 0 saturated carbocycles. The maximum Gasteiger partial charge on any atom is 0.352 e. The third kappa shape index (κ3) is 5.27. The number of aliphatic carboxylic acids is 1. The zero-order valence-electron chi connectivity index (χ0n) is 18.0. The molecule has 2 aromatic heterocycles.